The molecule has 1 amide bonds. The zero-order valence-corrected chi connectivity index (χ0v) is 12.3. The maximum Gasteiger partial charge on any atom is 0.416 e. The minimum atomic E-state index is -4.31. The number of carbonyl (C=O) groups excluding carboxylic acids is 1. The fraction of sp³-hybridized carbons (Fsp3) is 0.353. The molecule has 1 aliphatic heterocycles. The van der Waals surface area contributed by atoms with Crippen LogP contribution in [0.15, 0.2) is 43.0 Å². The van der Waals surface area contributed by atoms with E-state index < -0.39 is 11.7 Å². The molecule has 2 rings (SSSR count). The van der Waals surface area contributed by atoms with Crippen LogP contribution in [0.1, 0.15) is 18.1 Å². The highest BCUT2D eigenvalue weighted by Gasteiger charge is 2.30. The quantitative estimate of drug-likeness (QED) is 0.773. The van der Waals surface area contributed by atoms with Gasteiger partial charge >= 0.3 is 6.18 Å². The van der Waals surface area contributed by atoms with Crippen molar-refractivity contribution in [1.82, 2.24) is 4.90 Å². The van der Waals surface area contributed by atoms with Gasteiger partial charge in [0.1, 0.15) is 0 Å². The highest BCUT2D eigenvalue weighted by Crippen LogP contribution is 2.29. The van der Waals surface area contributed by atoms with Crippen LogP contribution >= 0.6 is 0 Å². The lowest BCUT2D eigenvalue weighted by Gasteiger charge is -2.12. The molecular formula is C17H18F3NO. The summed E-state index contributed by atoms with van der Waals surface area (Å²) in [6, 6.07) is 5.05. The van der Waals surface area contributed by atoms with Crippen molar-refractivity contribution >= 4 is 12.0 Å². The third-order valence-corrected chi connectivity index (χ3v) is 3.93. The lowest BCUT2D eigenvalue weighted by atomic mass is 9.97. The number of nitrogens with zero attached hydrogens (tertiary/aromatic N) is 1. The summed E-state index contributed by atoms with van der Waals surface area (Å²) >= 11 is 0. The summed E-state index contributed by atoms with van der Waals surface area (Å²) in [5.41, 5.74) is 0.0651. The lowest BCUT2D eigenvalue weighted by molar-refractivity contribution is -0.137. The topological polar surface area (TPSA) is 20.3 Å². The Morgan fingerprint density at radius 1 is 1.27 bits per heavy atom. The van der Waals surface area contributed by atoms with Gasteiger partial charge in [-0.05, 0) is 35.6 Å². The van der Waals surface area contributed by atoms with Crippen molar-refractivity contribution in [2.75, 3.05) is 13.1 Å². The van der Waals surface area contributed by atoms with Gasteiger partial charge in [-0.1, -0.05) is 37.8 Å². The van der Waals surface area contributed by atoms with Gasteiger partial charge in [-0.2, -0.15) is 13.2 Å². The molecule has 0 unspecified atom stereocenters. The fourth-order valence-electron chi connectivity index (χ4n) is 2.57. The van der Waals surface area contributed by atoms with Gasteiger partial charge in [0.05, 0.1) is 5.56 Å². The molecule has 1 aromatic carbocycles. The predicted molar refractivity (Wildman–Crippen MR) is 79.9 cm³/mol. The fourth-order valence-corrected chi connectivity index (χ4v) is 2.57. The molecule has 2 atom stereocenters. The highest BCUT2D eigenvalue weighted by molar-refractivity contribution is 5.87. The molecule has 1 saturated heterocycles. The molecule has 0 spiro atoms. The Labute approximate surface area is 127 Å². The molecule has 0 N–H and O–H groups in total. The Bertz CT molecular complexity index is 575. The first-order valence-corrected chi connectivity index (χ1v) is 7.08. The van der Waals surface area contributed by atoms with Gasteiger partial charge in [0, 0.05) is 13.1 Å². The normalized spacial score (nSPS) is 22.3. The molecule has 1 aliphatic rings. The number of carbonyl (C=O) groups is 1. The van der Waals surface area contributed by atoms with Gasteiger partial charge in [-0.25, -0.2) is 0 Å². The minimum Gasteiger partial charge on any atom is -0.338 e. The molecular weight excluding hydrogens is 291 g/mol. The van der Waals surface area contributed by atoms with Crippen LogP contribution in [0.25, 0.3) is 6.08 Å². The smallest absolute Gasteiger partial charge is 0.338 e. The summed E-state index contributed by atoms with van der Waals surface area (Å²) in [4.78, 5) is 13.3. The Morgan fingerprint density at radius 2 is 1.91 bits per heavy atom. The molecule has 1 aromatic rings. The molecule has 1 fully saturated rings. The summed E-state index contributed by atoms with van der Waals surface area (Å²) in [5, 5.41) is 0. The van der Waals surface area contributed by atoms with Crippen molar-refractivity contribution in [1.29, 1.82) is 0 Å². The van der Waals surface area contributed by atoms with E-state index in [0.717, 1.165) is 12.1 Å². The molecule has 118 valence electrons. The van der Waals surface area contributed by atoms with Crippen LogP contribution in [0.5, 0.6) is 0 Å². The maximum absolute atomic E-state index is 12.5. The van der Waals surface area contributed by atoms with E-state index in [0.29, 0.717) is 24.6 Å². The van der Waals surface area contributed by atoms with Crippen LogP contribution in [0.3, 0.4) is 0 Å². The van der Waals surface area contributed by atoms with E-state index in [1.54, 1.807) is 4.90 Å². The number of likely N-dealkylation sites (tertiary alicyclic amines) is 1. The Hall–Kier alpha value is -2.04. The average Bonchev–Trinajstić information content (AvgIpc) is 2.85. The second-order valence-electron chi connectivity index (χ2n) is 5.57. The van der Waals surface area contributed by atoms with E-state index in [2.05, 4.69) is 13.5 Å². The molecule has 0 aliphatic carbocycles. The van der Waals surface area contributed by atoms with E-state index >= 15 is 0 Å². The first-order chi connectivity index (χ1) is 10.3. The Morgan fingerprint density at radius 3 is 2.45 bits per heavy atom. The number of hydrogen-bond donors (Lipinski definition) is 0. The van der Waals surface area contributed by atoms with Crippen molar-refractivity contribution < 1.29 is 18.0 Å². The second-order valence-corrected chi connectivity index (χ2v) is 5.57. The van der Waals surface area contributed by atoms with Crippen LogP contribution in [0, 0.1) is 11.8 Å². The van der Waals surface area contributed by atoms with E-state index in [1.807, 2.05) is 12.2 Å². The van der Waals surface area contributed by atoms with Crippen LogP contribution < -0.4 is 0 Å². The summed E-state index contributed by atoms with van der Waals surface area (Å²) in [6.07, 6.45) is 0.759. The van der Waals surface area contributed by atoms with Gasteiger partial charge in [0.25, 0.3) is 0 Å². The van der Waals surface area contributed by atoms with Gasteiger partial charge in [-0.3, -0.25) is 4.79 Å². The lowest BCUT2D eigenvalue weighted by Crippen LogP contribution is -2.26. The third-order valence-electron chi connectivity index (χ3n) is 3.93. The molecule has 1 heterocycles. The molecule has 0 aromatic heterocycles. The molecule has 0 saturated carbocycles. The van der Waals surface area contributed by atoms with Crippen LogP contribution in [0.2, 0.25) is 0 Å². The third kappa shape index (κ3) is 3.78. The minimum absolute atomic E-state index is 0.0859. The summed E-state index contributed by atoms with van der Waals surface area (Å²) in [6.45, 7) is 6.82. The molecule has 2 nitrogen and oxygen atoms in total. The Balaban J connectivity index is 2.03. The molecule has 0 radical (unpaired) electrons. The van der Waals surface area contributed by atoms with Crippen LogP contribution in [0.4, 0.5) is 13.2 Å². The predicted octanol–water partition coefficient (Wildman–Crippen LogP) is 4.00. The first-order valence-electron chi connectivity index (χ1n) is 7.08. The van der Waals surface area contributed by atoms with E-state index in [1.165, 1.54) is 18.2 Å². The summed E-state index contributed by atoms with van der Waals surface area (Å²) < 4.78 is 37.5. The van der Waals surface area contributed by atoms with Crippen molar-refractivity contribution in [3.63, 3.8) is 0 Å². The maximum atomic E-state index is 12.5. The van der Waals surface area contributed by atoms with Crippen molar-refractivity contribution in [2.24, 2.45) is 11.8 Å². The largest absolute Gasteiger partial charge is 0.416 e. The zero-order chi connectivity index (χ0) is 16.3. The van der Waals surface area contributed by atoms with Gasteiger partial charge < -0.3 is 4.90 Å². The van der Waals surface area contributed by atoms with E-state index in [4.69, 9.17) is 0 Å². The average molecular weight is 309 g/mol. The number of rotatable bonds is 3. The van der Waals surface area contributed by atoms with Crippen LogP contribution in [-0.2, 0) is 11.0 Å². The number of alkyl halides is 3. The number of benzene rings is 1. The highest BCUT2D eigenvalue weighted by atomic mass is 19.4. The van der Waals surface area contributed by atoms with E-state index in [9.17, 15) is 18.0 Å². The number of halogens is 3. The van der Waals surface area contributed by atoms with E-state index in [-0.39, 0.29) is 11.8 Å². The number of amides is 1. The summed E-state index contributed by atoms with van der Waals surface area (Å²) in [5.74, 6) is 0.429. The first kappa shape index (κ1) is 16.3. The second kappa shape index (κ2) is 6.38. The van der Waals surface area contributed by atoms with Gasteiger partial charge in [0.2, 0.25) is 5.91 Å². The Kier molecular flexibility index (Phi) is 4.74. The SMILES string of the molecule is C=CC(=O)N1C[C@H](C)[C@@H](/C=C/c2ccc(C(F)(F)F)cc2)C1. The van der Waals surface area contributed by atoms with Crippen molar-refractivity contribution in [2.45, 2.75) is 13.1 Å². The van der Waals surface area contributed by atoms with Crippen LogP contribution in [-0.4, -0.2) is 23.9 Å². The molecule has 5 heteroatoms. The van der Waals surface area contributed by atoms with Gasteiger partial charge in [-0.15, -0.1) is 0 Å². The van der Waals surface area contributed by atoms with Crippen molar-refractivity contribution in [3.05, 3.63) is 54.1 Å². The van der Waals surface area contributed by atoms with Crippen molar-refractivity contribution in [3.8, 4) is 0 Å². The standard InChI is InChI=1S/C17H18F3NO/c1-3-16(22)21-10-12(2)14(11-21)7-4-13-5-8-15(9-6-13)17(18,19)20/h3-9,12,14H,1,10-11H2,2H3/b7-4+/t12-,14-/m0/s1. The zero-order valence-electron chi connectivity index (χ0n) is 12.3. The molecule has 0 bridgehead atoms. The monoisotopic (exact) mass is 309 g/mol. The molecule has 22 heavy (non-hydrogen) atoms. The number of hydrogen-bond acceptors (Lipinski definition) is 1. The summed E-state index contributed by atoms with van der Waals surface area (Å²) in [7, 11) is 0. The van der Waals surface area contributed by atoms with Gasteiger partial charge in [0.15, 0.2) is 0 Å².